The number of likely N-dealkylation sites (N-methyl/N-ethyl adjacent to an activating group) is 1. The fourth-order valence-electron chi connectivity index (χ4n) is 1.38. The molecule has 0 spiro atoms. The van der Waals surface area contributed by atoms with Gasteiger partial charge in [0.15, 0.2) is 0 Å². The van der Waals surface area contributed by atoms with E-state index >= 15 is 0 Å². The van der Waals surface area contributed by atoms with Crippen molar-refractivity contribution in [2.45, 2.75) is 19.8 Å². The van der Waals surface area contributed by atoms with Crippen molar-refractivity contribution >= 4 is 28.5 Å². The maximum atomic E-state index is 13.8. The topological polar surface area (TPSA) is 33.2 Å². The first-order valence-electron chi connectivity index (χ1n) is 5.22. The van der Waals surface area contributed by atoms with Crippen LogP contribution in [0.4, 0.5) is 8.78 Å². The van der Waals surface area contributed by atoms with Crippen LogP contribution in [0.2, 0.25) is 0 Å². The van der Waals surface area contributed by atoms with Crippen molar-refractivity contribution in [1.82, 2.24) is 9.88 Å². The van der Waals surface area contributed by atoms with Gasteiger partial charge in [-0.25, -0.2) is 0 Å². The van der Waals surface area contributed by atoms with Crippen LogP contribution in [0.1, 0.15) is 19.5 Å². The lowest BCUT2D eigenvalue weighted by molar-refractivity contribution is -0.159. The van der Waals surface area contributed by atoms with E-state index in [2.05, 4.69) is 4.98 Å². The van der Waals surface area contributed by atoms with Crippen molar-refractivity contribution in [2.75, 3.05) is 13.1 Å². The molecule has 0 aliphatic rings. The second-order valence-electron chi connectivity index (χ2n) is 3.41. The largest absolute Gasteiger partial charge is 0.366 e. The molecule has 0 aromatic carbocycles. The number of carbonyl (C=O) groups is 1. The van der Waals surface area contributed by atoms with E-state index in [0.717, 1.165) is 8.47 Å². The van der Waals surface area contributed by atoms with Crippen LogP contribution >= 0.6 is 22.6 Å². The van der Waals surface area contributed by atoms with Gasteiger partial charge in [0, 0.05) is 22.9 Å². The molecule has 3 nitrogen and oxygen atoms in total. The van der Waals surface area contributed by atoms with Gasteiger partial charge < -0.3 is 4.90 Å². The van der Waals surface area contributed by atoms with Gasteiger partial charge in [-0.15, -0.1) is 0 Å². The number of aromatic nitrogens is 1. The van der Waals surface area contributed by atoms with E-state index in [-0.39, 0.29) is 13.1 Å². The molecule has 17 heavy (non-hydrogen) atoms. The Kier molecular flexibility index (Phi) is 4.79. The first kappa shape index (κ1) is 14.3. The van der Waals surface area contributed by atoms with Crippen molar-refractivity contribution in [3.05, 3.63) is 27.6 Å². The van der Waals surface area contributed by atoms with Crippen LogP contribution in [0.5, 0.6) is 0 Å². The molecule has 0 aliphatic heterocycles. The summed E-state index contributed by atoms with van der Waals surface area (Å²) in [7, 11) is 0. The van der Waals surface area contributed by atoms with Gasteiger partial charge >= 0.3 is 5.92 Å². The highest BCUT2D eigenvalue weighted by molar-refractivity contribution is 14.1. The summed E-state index contributed by atoms with van der Waals surface area (Å²) < 4.78 is 28.4. The number of nitrogens with zero attached hydrogens (tertiary/aromatic N) is 2. The quantitative estimate of drug-likeness (QED) is 0.779. The zero-order chi connectivity index (χ0) is 13.1. The smallest absolute Gasteiger partial charge is 0.338 e. The molecule has 1 heterocycles. The van der Waals surface area contributed by atoms with Crippen molar-refractivity contribution in [1.29, 1.82) is 0 Å². The lowest BCUT2D eigenvalue weighted by atomic mass is 10.2. The lowest BCUT2D eigenvalue weighted by Gasteiger charge is -2.24. The molecule has 0 N–H and O–H groups in total. The Hall–Kier alpha value is -0.790. The van der Waals surface area contributed by atoms with E-state index in [0.29, 0.717) is 0 Å². The minimum Gasteiger partial charge on any atom is -0.338 e. The summed E-state index contributed by atoms with van der Waals surface area (Å²) in [6.45, 7) is 3.85. The summed E-state index contributed by atoms with van der Waals surface area (Å²) in [6, 6.07) is 2.69. The van der Waals surface area contributed by atoms with E-state index in [1.165, 1.54) is 18.3 Å². The Morgan fingerprint density at radius 1 is 1.41 bits per heavy atom. The van der Waals surface area contributed by atoms with Crippen molar-refractivity contribution < 1.29 is 13.6 Å². The second-order valence-corrected chi connectivity index (χ2v) is 4.66. The molecule has 94 valence electrons. The molecule has 0 aliphatic carbocycles. The van der Waals surface area contributed by atoms with Crippen LogP contribution in [-0.2, 0) is 10.7 Å². The Labute approximate surface area is 112 Å². The Morgan fingerprint density at radius 3 is 2.41 bits per heavy atom. The van der Waals surface area contributed by atoms with E-state index < -0.39 is 17.5 Å². The number of amides is 1. The molecule has 0 saturated carbocycles. The van der Waals surface area contributed by atoms with Gasteiger partial charge in [-0.1, -0.05) is 0 Å². The standard InChI is InChI=1S/C11H13F2IN2O/c1-3-16(4-2)10(17)11(12,13)9-6-5-8(14)7-15-9/h5-7H,3-4H2,1-2H3. The molecule has 6 heteroatoms. The molecule has 0 bridgehead atoms. The van der Waals surface area contributed by atoms with Crippen LogP contribution in [0.25, 0.3) is 0 Å². The third-order valence-electron chi connectivity index (χ3n) is 2.37. The molecular weight excluding hydrogens is 341 g/mol. The summed E-state index contributed by atoms with van der Waals surface area (Å²) >= 11 is 1.97. The average molecular weight is 354 g/mol. The van der Waals surface area contributed by atoms with Crippen molar-refractivity contribution in [2.24, 2.45) is 0 Å². The summed E-state index contributed by atoms with van der Waals surface area (Å²) in [4.78, 5) is 16.4. The number of alkyl halides is 2. The monoisotopic (exact) mass is 354 g/mol. The number of carbonyl (C=O) groups excluding carboxylic acids is 1. The van der Waals surface area contributed by atoms with E-state index in [9.17, 15) is 13.6 Å². The van der Waals surface area contributed by atoms with Gasteiger partial charge in [-0.3, -0.25) is 9.78 Å². The van der Waals surface area contributed by atoms with Gasteiger partial charge in [-0.05, 0) is 48.6 Å². The Morgan fingerprint density at radius 2 is 2.00 bits per heavy atom. The number of hydrogen-bond donors (Lipinski definition) is 0. The highest BCUT2D eigenvalue weighted by atomic mass is 127. The molecule has 0 fully saturated rings. The lowest BCUT2D eigenvalue weighted by Crippen LogP contribution is -2.42. The third-order valence-corrected chi connectivity index (χ3v) is 3.01. The SMILES string of the molecule is CCN(CC)C(=O)C(F)(F)c1ccc(I)cn1. The summed E-state index contributed by atoms with van der Waals surface area (Å²) in [5.74, 6) is -4.76. The maximum Gasteiger partial charge on any atom is 0.366 e. The van der Waals surface area contributed by atoms with Gasteiger partial charge in [0.25, 0.3) is 5.91 Å². The molecule has 1 aromatic heterocycles. The van der Waals surface area contributed by atoms with Crippen molar-refractivity contribution in [3.8, 4) is 0 Å². The fourth-order valence-corrected chi connectivity index (χ4v) is 1.70. The van der Waals surface area contributed by atoms with Crippen LogP contribution in [0.3, 0.4) is 0 Å². The third kappa shape index (κ3) is 3.11. The molecule has 1 amide bonds. The highest BCUT2D eigenvalue weighted by Gasteiger charge is 2.44. The van der Waals surface area contributed by atoms with Gasteiger partial charge in [0.2, 0.25) is 0 Å². The first-order chi connectivity index (χ1) is 7.93. The Bertz CT molecular complexity index is 391. The molecule has 0 atom stereocenters. The van der Waals surface area contributed by atoms with Crippen LogP contribution in [0.15, 0.2) is 18.3 Å². The van der Waals surface area contributed by atoms with Crippen LogP contribution in [0, 0.1) is 3.57 Å². The predicted molar refractivity (Wildman–Crippen MR) is 68.8 cm³/mol. The fraction of sp³-hybridized carbons (Fsp3) is 0.455. The van der Waals surface area contributed by atoms with Crippen LogP contribution < -0.4 is 0 Å². The van der Waals surface area contributed by atoms with Gasteiger partial charge in [-0.2, -0.15) is 8.78 Å². The minimum absolute atomic E-state index is 0.259. The zero-order valence-electron chi connectivity index (χ0n) is 9.58. The van der Waals surface area contributed by atoms with E-state index in [4.69, 9.17) is 0 Å². The second kappa shape index (κ2) is 5.70. The molecule has 1 rings (SSSR count). The van der Waals surface area contributed by atoms with Gasteiger partial charge in [0.1, 0.15) is 5.69 Å². The number of pyridine rings is 1. The number of hydrogen-bond acceptors (Lipinski definition) is 2. The van der Waals surface area contributed by atoms with Crippen LogP contribution in [-0.4, -0.2) is 28.9 Å². The first-order valence-corrected chi connectivity index (χ1v) is 6.30. The van der Waals surface area contributed by atoms with Crippen molar-refractivity contribution in [3.63, 3.8) is 0 Å². The Balaban J connectivity index is 3.01. The van der Waals surface area contributed by atoms with E-state index in [1.807, 2.05) is 22.6 Å². The molecular formula is C11H13F2IN2O. The molecule has 0 saturated heterocycles. The summed E-state index contributed by atoms with van der Waals surface area (Å²) in [6.07, 6.45) is 1.32. The van der Waals surface area contributed by atoms with E-state index in [1.54, 1.807) is 13.8 Å². The summed E-state index contributed by atoms with van der Waals surface area (Å²) in [5, 5.41) is 0. The van der Waals surface area contributed by atoms with Gasteiger partial charge in [0.05, 0.1) is 0 Å². The number of rotatable bonds is 4. The number of halogens is 3. The minimum atomic E-state index is -3.56. The normalized spacial score (nSPS) is 11.4. The predicted octanol–water partition coefficient (Wildman–Crippen LogP) is 2.65. The highest BCUT2D eigenvalue weighted by Crippen LogP contribution is 2.28. The average Bonchev–Trinajstić information content (AvgIpc) is 2.31. The zero-order valence-corrected chi connectivity index (χ0v) is 11.7. The molecule has 0 radical (unpaired) electrons. The molecule has 1 aromatic rings. The molecule has 0 unspecified atom stereocenters. The summed E-state index contributed by atoms with van der Waals surface area (Å²) in [5.41, 5.74) is -0.505. The maximum absolute atomic E-state index is 13.8.